The van der Waals surface area contributed by atoms with Gasteiger partial charge >= 0.3 is 0 Å². The van der Waals surface area contributed by atoms with Crippen LogP contribution >= 0.6 is 0 Å². The summed E-state index contributed by atoms with van der Waals surface area (Å²) in [6.07, 6.45) is 10.4. The van der Waals surface area contributed by atoms with Gasteiger partial charge in [0.25, 0.3) is 5.91 Å². The minimum Gasteiger partial charge on any atom is -0.394 e. The van der Waals surface area contributed by atoms with Gasteiger partial charge in [-0.3, -0.25) is 9.78 Å². The highest BCUT2D eigenvalue weighted by atomic mass is 16.3. The Balaban J connectivity index is 1.96. The number of aliphatic hydroxyl groups excluding tert-OH is 1. The van der Waals surface area contributed by atoms with Gasteiger partial charge in [0.15, 0.2) is 0 Å². The summed E-state index contributed by atoms with van der Waals surface area (Å²) in [5.74, 6) is 0.281. The number of hydrogen-bond donors (Lipinski definition) is 2. The molecular formula is C15H22N2O2. The van der Waals surface area contributed by atoms with Crippen molar-refractivity contribution in [1.29, 1.82) is 0 Å². The van der Waals surface area contributed by atoms with Crippen LogP contribution in [-0.2, 0) is 0 Å². The van der Waals surface area contributed by atoms with Crippen LogP contribution in [0.25, 0.3) is 0 Å². The van der Waals surface area contributed by atoms with Gasteiger partial charge in [0.05, 0.1) is 12.6 Å². The largest absolute Gasteiger partial charge is 0.394 e. The first kappa shape index (κ1) is 14.0. The first-order valence-electron chi connectivity index (χ1n) is 7.13. The topological polar surface area (TPSA) is 62.2 Å². The summed E-state index contributed by atoms with van der Waals surface area (Å²) in [5.41, 5.74) is 0.599. The molecular weight excluding hydrogens is 240 g/mol. The predicted molar refractivity (Wildman–Crippen MR) is 73.8 cm³/mol. The minimum atomic E-state index is -0.126. The summed E-state index contributed by atoms with van der Waals surface area (Å²) in [5, 5.41) is 12.5. The van der Waals surface area contributed by atoms with Gasteiger partial charge in [-0.15, -0.1) is 0 Å². The van der Waals surface area contributed by atoms with E-state index < -0.39 is 0 Å². The van der Waals surface area contributed by atoms with Crippen molar-refractivity contribution in [3.63, 3.8) is 0 Å². The van der Waals surface area contributed by atoms with Crippen LogP contribution in [0, 0.1) is 5.92 Å². The quantitative estimate of drug-likeness (QED) is 0.817. The van der Waals surface area contributed by atoms with Crippen LogP contribution in [0.4, 0.5) is 0 Å². The smallest absolute Gasteiger partial charge is 0.251 e. The van der Waals surface area contributed by atoms with Crippen LogP contribution in [-0.4, -0.2) is 28.6 Å². The fourth-order valence-corrected chi connectivity index (χ4v) is 2.78. The fraction of sp³-hybridized carbons (Fsp3) is 0.600. The Hall–Kier alpha value is -1.42. The number of amides is 1. The normalized spacial score (nSPS) is 18.6. The highest BCUT2D eigenvalue weighted by Gasteiger charge is 2.23. The van der Waals surface area contributed by atoms with Crippen molar-refractivity contribution in [2.75, 3.05) is 6.61 Å². The van der Waals surface area contributed by atoms with E-state index in [0.29, 0.717) is 11.5 Å². The Morgan fingerprint density at radius 1 is 1.26 bits per heavy atom. The average Bonchev–Trinajstić information content (AvgIpc) is 2.74. The standard InChI is InChI=1S/C15H22N2O2/c18-11-14(12-5-3-1-2-4-6-12)17-15(19)13-7-9-16-10-8-13/h7-10,12,14,18H,1-6,11H2,(H,17,19). The zero-order chi connectivity index (χ0) is 13.5. The maximum atomic E-state index is 12.1. The van der Waals surface area contributed by atoms with Gasteiger partial charge in [0, 0.05) is 18.0 Å². The van der Waals surface area contributed by atoms with Gasteiger partial charge in [-0.2, -0.15) is 0 Å². The van der Waals surface area contributed by atoms with Crippen molar-refractivity contribution in [1.82, 2.24) is 10.3 Å². The lowest BCUT2D eigenvalue weighted by atomic mass is 9.92. The summed E-state index contributed by atoms with van der Waals surface area (Å²) >= 11 is 0. The molecule has 1 heterocycles. The maximum absolute atomic E-state index is 12.1. The van der Waals surface area contributed by atoms with Crippen LogP contribution in [0.15, 0.2) is 24.5 Å². The summed E-state index contributed by atoms with van der Waals surface area (Å²) in [6, 6.07) is 3.26. The molecule has 0 aliphatic heterocycles. The number of nitrogens with one attached hydrogen (secondary N) is 1. The van der Waals surface area contributed by atoms with Gasteiger partial charge in [-0.25, -0.2) is 0 Å². The molecule has 0 radical (unpaired) electrons. The second kappa shape index (κ2) is 7.24. The second-order valence-corrected chi connectivity index (χ2v) is 5.25. The van der Waals surface area contributed by atoms with E-state index in [1.807, 2.05) is 0 Å². The van der Waals surface area contributed by atoms with Crippen molar-refractivity contribution in [2.45, 2.75) is 44.6 Å². The Labute approximate surface area is 114 Å². The van der Waals surface area contributed by atoms with E-state index in [-0.39, 0.29) is 18.6 Å². The summed E-state index contributed by atoms with van der Waals surface area (Å²) < 4.78 is 0. The summed E-state index contributed by atoms with van der Waals surface area (Å²) in [7, 11) is 0. The lowest BCUT2D eigenvalue weighted by molar-refractivity contribution is 0.0881. The number of carbonyl (C=O) groups is 1. The Bertz CT molecular complexity index is 386. The van der Waals surface area contributed by atoms with Crippen LogP contribution in [0.3, 0.4) is 0 Å². The van der Waals surface area contributed by atoms with E-state index in [4.69, 9.17) is 0 Å². The first-order valence-corrected chi connectivity index (χ1v) is 7.13. The molecule has 4 nitrogen and oxygen atoms in total. The van der Waals surface area contributed by atoms with Gasteiger partial charge in [0.2, 0.25) is 0 Å². The average molecular weight is 262 g/mol. The second-order valence-electron chi connectivity index (χ2n) is 5.25. The van der Waals surface area contributed by atoms with E-state index in [1.54, 1.807) is 24.5 Å². The summed E-state index contributed by atoms with van der Waals surface area (Å²) in [6.45, 7) is 0.0154. The predicted octanol–water partition coefficient (Wildman–Crippen LogP) is 2.14. The number of nitrogens with zero attached hydrogens (tertiary/aromatic N) is 1. The Morgan fingerprint density at radius 2 is 1.89 bits per heavy atom. The molecule has 1 amide bonds. The molecule has 1 unspecified atom stereocenters. The molecule has 1 atom stereocenters. The maximum Gasteiger partial charge on any atom is 0.251 e. The molecule has 1 aromatic heterocycles. The van der Waals surface area contributed by atoms with E-state index in [1.165, 1.54) is 25.7 Å². The van der Waals surface area contributed by atoms with Crippen molar-refractivity contribution in [3.8, 4) is 0 Å². The van der Waals surface area contributed by atoms with Crippen molar-refractivity contribution >= 4 is 5.91 Å². The van der Waals surface area contributed by atoms with Gasteiger partial charge in [-0.1, -0.05) is 25.7 Å². The Morgan fingerprint density at radius 3 is 2.47 bits per heavy atom. The van der Waals surface area contributed by atoms with Gasteiger partial charge < -0.3 is 10.4 Å². The van der Waals surface area contributed by atoms with Gasteiger partial charge in [0.1, 0.15) is 0 Å². The Kier molecular flexibility index (Phi) is 5.33. The van der Waals surface area contributed by atoms with Crippen molar-refractivity contribution in [2.24, 2.45) is 5.92 Å². The molecule has 1 aliphatic carbocycles. The third kappa shape index (κ3) is 4.03. The van der Waals surface area contributed by atoms with E-state index in [0.717, 1.165) is 12.8 Å². The monoisotopic (exact) mass is 262 g/mol. The van der Waals surface area contributed by atoms with E-state index >= 15 is 0 Å². The number of carbonyl (C=O) groups excluding carboxylic acids is 1. The third-order valence-corrected chi connectivity index (χ3v) is 3.92. The molecule has 0 aromatic carbocycles. The van der Waals surface area contributed by atoms with E-state index in [9.17, 15) is 9.90 Å². The third-order valence-electron chi connectivity index (χ3n) is 3.92. The number of pyridine rings is 1. The lowest BCUT2D eigenvalue weighted by Crippen LogP contribution is -2.42. The molecule has 19 heavy (non-hydrogen) atoms. The summed E-state index contributed by atoms with van der Waals surface area (Å²) in [4.78, 5) is 16.0. The molecule has 0 saturated heterocycles. The van der Waals surface area contributed by atoms with Crippen LogP contribution in [0.5, 0.6) is 0 Å². The molecule has 2 N–H and O–H groups in total. The van der Waals surface area contributed by atoms with Crippen LogP contribution < -0.4 is 5.32 Å². The lowest BCUT2D eigenvalue weighted by Gasteiger charge is -2.25. The van der Waals surface area contributed by atoms with E-state index in [2.05, 4.69) is 10.3 Å². The molecule has 1 fully saturated rings. The molecule has 104 valence electrons. The van der Waals surface area contributed by atoms with Crippen molar-refractivity contribution < 1.29 is 9.90 Å². The molecule has 4 heteroatoms. The highest BCUT2D eigenvalue weighted by Crippen LogP contribution is 2.25. The van der Waals surface area contributed by atoms with Gasteiger partial charge in [-0.05, 0) is 30.9 Å². The number of aliphatic hydroxyl groups is 1. The number of hydrogen-bond acceptors (Lipinski definition) is 3. The molecule has 2 rings (SSSR count). The zero-order valence-electron chi connectivity index (χ0n) is 11.2. The molecule has 0 bridgehead atoms. The molecule has 1 saturated carbocycles. The van der Waals surface area contributed by atoms with Crippen LogP contribution in [0.1, 0.15) is 48.9 Å². The van der Waals surface area contributed by atoms with Crippen LogP contribution in [0.2, 0.25) is 0 Å². The number of rotatable bonds is 4. The molecule has 1 aromatic rings. The minimum absolute atomic E-state index is 0.0154. The number of aromatic nitrogens is 1. The molecule has 1 aliphatic rings. The highest BCUT2D eigenvalue weighted by molar-refractivity contribution is 5.94. The van der Waals surface area contributed by atoms with Crippen molar-refractivity contribution in [3.05, 3.63) is 30.1 Å². The fourth-order valence-electron chi connectivity index (χ4n) is 2.78. The molecule has 0 spiro atoms. The zero-order valence-corrected chi connectivity index (χ0v) is 11.2. The SMILES string of the molecule is O=C(NC(CO)C1CCCCCC1)c1ccncc1. The first-order chi connectivity index (χ1) is 9.31.